The lowest BCUT2D eigenvalue weighted by molar-refractivity contribution is -0.0651. The molecule has 2 fully saturated rings. The largest absolute Gasteiger partial charge is 0.373 e. The van der Waals surface area contributed by atoms with Crippen molar-refractivity contribution >= 4 is 10.2 Å². The van der Waals surface area contributed by atoms with E-state index in [4.69, 9.17) is 4.74 Å². The van der Waals surface area contributed by atoms with Crippen molar-refractivity contribution in [1.82, 2.24) is 8.61 Å². The molecule has 5 nitrogen and oxygen atoms in total. The number of ether oxygens (including phenoxy) is 1. The van der Waals surface area contributed by atoms with Crippen LogP contribution >= 0.6 is 0 Å². The van der Waals surface area contributed by atoms with Crippen molar-refractivity contribution in [1.29, 1.82) is 0 Å². The topological polar surface area (TPSA) is 49.9 Å². The summed E-state index contributed by atoms with van der Waals surface area (Å²) in [6, 6.07) is 0. The minimum Gasteiger partial charge on any atom is -0.373 e. The third kappa shape index (κ3) is 2.40. The SMILES string of the molecule is CC1(C)CN(S(=O)(=O)N2CCCC2)CCO1. The number of nitrogens with zero attached hydrogens (tertiary/aromatic N) is 2. The average molecular weight is 248 g/mol. The van der Waals surface area contributed by atoms with Crippen LogP contribution in [0.2, 0.25) is 0 Å². The second-order valence-corrected chi connectivity index (χ2v) is 6.98. The summed E-state index contributed by atoms with van der Waals surface area (Å²) >= 11 is 0. The van der Waals surface area contributed by atoms with E-state index in [2.05, 4.69) is 0 Å². The molecule has 2 aliphatic heterocycles. The van der Waals surface area contributed by atoms with Crippen LogP contribution in [0.4, 0.5) is 0 Å². The van der Waals surface area contributed by atoms with E-state index in [0.717, 1.165) is 12.8 Å². The van der Waals surface area contributed by atoms with Gasteiger partial charge in [-0.05, 0) is 26.7 Å². The van der Waals surface area contributed by atoms with Gasteiger partial charge in [-0.1, -0.05) is 0 Å². The molecule has 0 aromatic rings. The van der Waals surface area contributed by atoms with E-state index in [1.165, 1.54) is 0 Å². The van der Waals surface area contributed by atoms with Crippen LogP contribution in [0, 0.1) is 0 Å². The molecule has 2 rings (SSSR count). The minimum absolute atomic E-state index is 0.370. The van der Waals surface area contributed by atoms with E-state index < -0.39 is 10.2 Å². The molecule has 16 heavy (non-hydrogen) atoms. The first-order valence-electron chi connectivity index (χ1n) is 5.81. The fourth-order valence-electron chi connectivity index (χ4n) is 2.25. The summed E-state index contributed by atoms with van der Waals surface area (Å²) in [7, 11) is -3.25. The lowest BCUT2D eigenvalue weighted by Gasteiger charge is -2.38. The maximum atomic E-state index is 12.3. The summed E-state index contributed by atoms with van der Waals surface area (Å²) in [6.07, 6.45) is 1.96. The van der Waals surface area contributed by atoms with Crippen molar-refractivity contribution in [2.45, 2.75) is 32.3 Å². The maximum Gasteiger partial charge on any atom is 0.282 e. The van der Waals surface area contributed by atoms with E-state index >= 15 is 0 Å². The molecule has 0 aliphatic carbocycles. The second-order valence-electron chi connectivity index (χ2n) is 5.06. The van der Waals surface area contributed by atoms with E-state index in [9.17, 15) is 8.42 Å². The molecule has 0 atom stereocenters. The molecule has 2 saturated heterocycles. The first-order chi connectivity index (χ1) is 7.42. The van der Waals surface area contributed by atoms with Crippen LogP contribution in [0.25, 0.3) is 0 Å². The number of rotatable bonds is 2. The lowest BCUT2D eigenvalue weighted by Crippen LogP contribution is -2.54. The zero-order valence-corrected chi connectivity index (χ0v) is 10.8. The molecule has 6 heteroatoms. The van der Waals surface area contributed by atoms with E-state index in [1.54, 1.807) is 8.61 Å². The zero-order chi connectivity index (χ0) is 11.8. The molecule has 0 unspecified atom stereocenters. The molecule has 0 bridgehead atoms. The molecule has 0 amide bonds. The van der Waals surface area contributed by atoms with Crippen molar-refractivity contribution in [3.63, 3.8) is 0 Å². The Bertz CT molecular complexity index is 347. The highest BCUT2D eigenvalue weighted by Crippen LogP contribution is 2.23. The zero-order valence-electron chi connectivity index (χ0n) is 9.98. The summed E-state index contributed by atoms with van der Waals surface area (Å²) in [4.78, 5) is 0. The predicted octanol–water partition coefficient (Wildman–Crippen LogP) is 0.438. The van der Waals surface area contributed by atoms with Gasteiger partial charge in [0.05, 0.1) is 12.2 Å². The Kier molecular flexibility index (Phi) is 3.27. The Morgan fingerprint density at radius 1 is 1.06 bits per heavy atom. The third-order valence-electron chi connectivity index (χ3n) is 3.11. The van der Waals surface area contributed by atoms with Crippen molar-refractivity contribution in [2.24, 2.45) is 0 Å². The summed E-state index contributed by atoms with van der Waals surface area (Å²) in [5.41, 5.74) is -0.370. The van der Waals surface area contributed by atoms with Gasteiger partial charge in [0, 0.05) is 26.2 Å². The molecule has 2 aliphatic rings. The predicted molar refractivity (Wildman–Crippen MR) is 61.3 cm³/mol. The lowest BCUT2D eigenvalue weighted by atomic mass is 10.1. The summed E-state index contributed by atoms with van der Waals surface area (Å²) < 4.78 is 33.2. The highest BCUT2D eigenvalue weighted by atomic mass is 32.2. The van der Waals surface area contributed by atoms with Crippen LogP contribution in [0.3, 0.4) is 0 Å². The smallest absolute Gasteiger partial charge is 0.282 e. The van der Waals surface area contributed by atoms with Gasteiger partial charge in [0.25, 0.3) is 10.2 Å². The standard InChI is InChI=1S/C10H20N2O3S/c1-10(2)9-12(7-8-15-10)16(13,14)11-5-3-4-6-11/h3-9H2,1-2H3. The monoisotopic (exact) mass is 248 g/mol. The van der Waals surface area contributed by atoms with E-state index in [1.807, 2.05) is 13.8 Å². The normalized spacial score (nSPS) is 28.4. The number of morpholine rings is 1. The molecule has 94 valence electrons. The van der Waals surface area contributed by atoms with Gasteiger partial charge in [0.2, 0.25) is 0 Å². The first-order valence-corrected chi connectivity index (χ1v) is 7.21. The Morgan fingerprint density at radius 2 is 1.69 bits per heavy atom. The highest BCUT2D eigenvalue weighted by Gasteiger charge is 2.37. The fourth-order valence-corrected chi connectivity index (χ4v) is 4.08. The van der Waals surface area contributed by atoms with Crippen LogP contribution in [-0.2, 0) is 14.9 Å². The van der Waals surface area contributed by atoms with Gasteiger partial charge in [-0.2, -0.15) is 17.0 Å². The molecule has 0 aromatic carbocycles. The first kappa shape index (κ1) is 12.3. The number of hydrogen-bond acceptors (Lipinski definition) is 3. The quantitative estimate of drug-likeness (QED) is 0.712. The Hall–Kier alpha value is -0.170. The van der Waals surface area contributed by atoms with Gasteiger partial charge in [-0.15, -0.1) is 0 Å². The molecular formula is C10H20N2O3S. The summed E-state index contributed by atoms with van der Waals surface area (Å²) in [5, 5.41) is 0. The van der Waals surface area contributed by atoms with Gasteiger partial charge >= 0.3 is 0 Å². The van der Waals surface area contributed by atoms with Gasteiger partial charge in [-0.3, -0.25) is 0 Å². The molecule has 0 N–H and O–H groups in total. The minimum atomic E-state index is -3.25. The third-order valence-corrected chi connectivity index (χ3v) is 5.09. The van der Waals surface area contributed by atoms with Gasteiger partial charge in [0.1, 0.15) is 0 Å². The van der Waals surface area contributed by atoms with Crippen LogP contribution < -0.4 is 0 Å². The van der Waals surface area contributed by atoms with Crippen LogP contribution in [-0.4, -0.2) is 55.4 Å². The maximum absolute atomic E-state index is 12.3. The van der Waals surface area contributed by atoms with Crippen molar-refractivity contribution in [3.05, 3.63) is 0 Å². The van der Waals surface area contributed by atoms with Crippen molar-refractivity contribution in [2.75, 3.05) is 32.8 Å². The van der Waals surface area contributed by atoms with E-state index in [-0.39, 0.29) is 5.60 Å². The fraction of sp³-hybridized carbons (Fsp3) is 1.00. The van der Waals surface area contributed by atoms with Gasteiger partial charge in [0.15, 0.2) is 0 Å². The van der Waals surface area contributed by atoms with E-state index in [0.29, 0.717) is 32.8 Å². The molecule has 2 heterocycles. The summed E-state index contributed by atoms with van der Waals surface area (Å²) in [6.45, 7) is 6.60. The van der Waals surface area contributed by atoms with Crippen molar-refractivity contribution < 1.29 is 13.2 Å². The van der Waals surface area contributed by atoms with Gasteiger partial charge < -0.3 is 4.74 Å². The molecule has 0 radical (unpaired) electrons. The van der Waals surface area contributed by atoms with Crippen molar-refractivity contribution in [3.8, 4) is 0 Å². The summed E-state index contributed by atoms with van der Waals surface area (Å²) in [5.74, 6) is 0. The molecule has 0 saturated carbocycles. The number of hydrogen-bond donors (Lipinski definition) is 0. The Balaban J connectivity index is 2.11. The molecular weight excluding hydrogens is 228 g/mol. The average Bonchev–Trinajstić information content (AvgIpc) is 2.69. The second kappa shape index (κ2) is 4.25. The van der Waals surface area contributed by atoms with Crippen LogP contribution in [0.15, 0.2) is 0 Å². The highest BCUT2D eigenvalue weighted by molar-refractivity contribution is 7.86. The molecule has 0 spiro atoms. The Morgan fingerprint density at radius 3 is 2.25 bits per heavy atom. The van der Waals surface area contributed by atoms with Crippen LogP contribution in [0.5, 0.6) is 0 Å². The van der Waals surface area contributed by atoms with Crippen LogP contribution in [0.1, 0.15) is 26.7 Å². The van der Waals surface area contributed by atoms with Gasteiger partial charge in [-0.25, -0.2) is 0 Å². The molecule has 0 aromatic heterocycles. The Labute approximate surface area is 97.5 Å².